The van der Waals surface area contributed by atoms with E-state index in [1.807, 2.05) is 17.5 Å². The summed E-state index contributed by atoms with van der Waals surface area (Å²) in [5.41, 5.74) is 0.980. The largest absolute Gasteiger partial charge is 0.452 e. The molecule has 31 heavy (non-hydrogen) atoms. The molecule has 0 aliphatic carbocycles. The topological polar surface area (TPSA) is 102 Å². The van der Waals surface area contributed by atoms with Crippen LogP contribution in [0.15, 0.2) is 66.0 Å². The summed E-state index contributed by atoms with van der Waals surface area (Å²) in [7, 11) is -3.50. The van der Waals surface area contributed by atoms with E-state index in [1.165, 1.54) is 47.7 Å². The predicted molar refractivity (Wildman–Crippen MR) is 116 cm³/mol. The van der Waals surface area contributed by atoms with Gasteiger partial charge in [0.1, 0.15) is 5.82 Å². The highest BCUT2D eigenvalue weighted by Crippen LogP contribution is 2.26. The maximum Gasteiger partial charge on any atom is 0.338 e. The Balaban J connectivity index is 1.65. The summed E-state index contributed by atoms with van der Waals surface area (Å²) in [6.45, 7) is -0.536. The molecule has 1 amide bonds. The number of ether oxygens (including phenoxy) is 1. The summed E-state index contributed by atoms with van der Waals surface area (Å²) < 4.78 is 43.3. The number of benzene rings is 2. The summed E-state index contributed by atoms with van der Waals surface area (Å²) in [6, 6.07) is 14.6. The third kappa shape index (κ3) is 6.63. The standard InChI is InChI=1S/C21H19FN2O5S2/c1-31(27,28)24-17-5-2-4-15(12-17)21(26)29-13-19(25)23-20(18-6-3-11-30-18)14-7-9-16(22)10-8-14/h2-12,20,24H,13H2,1H3,(H,23,25)/t20-/m1/s1. The van der Waals surface area contributed by atoms with Crippen LogP contribution in [0, 0.1) is 5.82 Å². The minimum Gasteiger partial charge on any atom is -0.452 e. The molecule has 2 aromatic carbocycles. The maximum absolute atomic E-state index is 13.3. The van der Waals surface area contributed by atoms with Gasteiger partial charge >= 0.3 is 5.97 Å². The first-order valence-electron chi connectivity index (χ1n) is 9.04. The normalized spacial score (nSPS) is 12.1. The number of thiophene rings is 1. The summed E-state index contributed by atoms with van der Waals surface area (Å²) >= 11 is 1.43. The van der Waals surface area contributed by atoms with Crippen LogP contribution < -0.4 is 10.0 Å². The highest BCUT2D eigenvalue weighted by Gasteiger charge is 2.19. The molecule has 0 fully saturated rings. The number of halogens is 1. The van der Waals surface area contributed by atoms with E-state index in [4.69, 9.17) is 4.74 Å². The van der Waals surface area contributed by atoms with E-state index in [2.05, 4.69) is 10.0 Å². The quantitative estimate of drug-likeness (QED) is 0.500. The average Bonchev–Trinajstić information content (AvgIpc) is 3.24. The van der Waals surface area contributed by atoms with Crippen LogP contribution in [0.2, 0.25) is 0 Å². The fourth-order valence-corrected chi connectivity index (χ4v) is 4.13. The van der Waals surface area contributed by atoms with Crippen LogP contribution in [0.3, 0.4) is 0 Å². The van der Waals surface area contributed by atoms with Crippen molar-refractivity contribution in [3.63, 3.8) is 0 Å². The minimum absolute atomic E-state index is 0.0924. The van der Waals surface area contributed by atoms with Gasteiger partial charge in [0.25, 0.3) is 5.91 Å². The molecule has 0 saturated heterocycles. The zero-order valence-electron chi connectivity index (χ0n) is 16.4. The van der Waals surface area contributed by atoms with Gasteiger partial charge in [-0.15, -0.1) is 11.3 Å². The third-order valence-electron chi connectivity index (χ3n) is 4.07. The van der Waals surface area contributed by atoms with Crippen LogP contribution in [-0.2, 0) is 19.6 Å². The molecular weight excluding hydrogens is 443 g/mol. The second-order valence-electron chi connectivity index (χ2n) is 6.60. The number of anilines is 1. The van der Waals surface area contributed by atoms with Gasteiger partial charge in [-0.2, -0.15) is 0 Å². The molecule has 3 rings (SSSR count). The number of amides is 1. The average molecular weight is 463 g/mol. The van der Waals surface area contributed by atoms with Crippen LogP contribution in [-0.4, -0.2) is 33.2 Å². The summed E-state index contributed by atoms with van der Waals surface area (Å²) in [5.74, 6) is -1.70. The molecule has 1 heterocycles. The molecule has 1 aromatic heterocycles. The fourth-order valence-electron chi connectivity index (χ4n) is 2.77. The number of hydrogen-bond donors (Lipinski definition) is 2. The summed E-state index contributed by atoms with van der Waals surface area (Å²) in [4.78, 5) is 25.5. The fraction of sp³-hybridized carbons (Fsp3) is 0.143. The maximum atomic E-state index is 13.3. The number of rotatable bonds is 8. The Morgan fingerprint density at radius 2 is 1.84 bits per heavy atom. The van der Waals surface area contributed by atoms with Gasteiger partial charge in [-0.25, -0.2) is 17.6 Å². The number of nitrogens with one attached hydrogen (secondary N) is 2. The molecule has 1 atom stereocenters. The molecule has 0 bridgehead atoms. The molecule has 0 spiro atoms. The van der Waals surface area contributed by atoms with Gasteiger partial charge in [0, 0.05) is 10.6 Å². The second kappa shape index (κ2) is 9.71. The van der Waals surface area contributed by atoms with E-state index in [0.29, 0.717) is 5.56 Å². The van der Waals surface area contributed by atoms with Gasteiger partial charge in [-0.3, -0.25) is 9.52 Å². The lowest BCUT2D eigenvalue weighted by molar-refractivity contribution is -0.124. The Bertz CT molecular complexity index is 1160. The zero-order chi connectivity index (χ0) is 22.4. The molecule has 0 radical (unpaired) electrons. The molecule has 0 aliphatic heterocycles. The van der Waals surface area contributed by atoms with Crippen molar-refractivity contribution in [3.05, 3.63) is 87.9 Å². The van der Waals surface area contributed by atoms with Crippen LogP contribution >= 0.6 is 11.3 Å². The van der Waals surface area contributed by atoms with Crippen molar-refractivity contribution in [1.29, 1.82) is 0 Å². The van der Waals surface area contributed by atoms with Crippen molar-refractivity contribution < 1.29 is 27.1 Å². The van der Waals surface area contributed by atoms with E-state index in [1.54, 1.807) is 12.1 Å². The second-order valence-corrected chi connectivity index (χ2v) is 9.33. The molecule has 10 heteroatoms. The highest BCUT2D eigenvalue weighted by molar-refractivity contribution is 7.92. The number of hydrogen-bond acceptors (Lipinski definition) is 6. The summed E-state index contributed by atoms with van der Waals surface area (Å²) in [6.07, 6.45) is 0.994. The monoisotopic (exact) mass is 462 g/mol. The molecule has 0 aliphatic rings. The van der Waals surface area contributed by atoms with E-state index < -0.39 is 34.5 Å². The van der Waals surface area contributed by atoms with E-state index in [-0.39, 0.29) is 17.1 Å². The smallest absolute Gasteiger partial charge is 0.338 e. The first-order valence-corrected chi connectivity index (χ1v) is 11.8. The number of carbonyl (C=O) groups excluding carboxylic acids is 2. The van der Waals surface area contributed by atoms with Crippen molar-refractivity contribution in [2.24, 2.45) is 0 Å². The van der Waals surface area contributed by atoms with Crippen molar-refractivity contribution in [3.8, 4) is 0 Å². The molecule has 3 aromatic rings. The lowest BCUT2D eigenvalue weighted by atomic mass is 10.1. The van der Waals surface area contributed by atoms with Crippen LogP contribution in [0.25, 0.3) is 0 Å². The lowest BCUT2D eigenvalue weighted by Crippen LogP contribution is -2.32. The van der Waals surface area contributed by atoms with Gasteiger partial charge in [0.2, 0.25) is 10.0 Å². The first kappa shape index (κ1) is 22.4. The SMILES string of the molecule is CS(=O)(=O)Nc1cccc(C(=O)OCC(=O)N[C@H](c2ccc(F)cc2)c2cccs2)c1. The Morgan fingerprint density at radius 1 is 1.10 bits per heavy atom. The van der Waals surface area contributed by atoms with Gasteiger partial charge < -0.3 is 10.1 Å². The van der Waals surface area contributed by atoms with Crippen molar-refractivity contribution in [2.75, 3.05) is 17.6 Å². The Labute approximate surface area is 182 Å². The van der Waals surface area contributed by atoms with E-state index >= 15 is 0 Å². The Kier molecular flexibility index (Phi) is 7.03. The van der Waals surface area contributed by atoms with E-state index in [9.17, 15) is 22.4 Å². The number of esters is 1. The first-order chi connectivity index (χ1) is 14.7. The van der Waals surface area contributed by atoms with Crippen LogP contribution in [0.4, 0.5) is 10.1 Å². The van der Waals surface area contributed by atoms with Gasteiger partial charge in [0.15, 0.2) is 6.61 Å². The lowest BCUT2D eigenvalue weighted by Gasteiger charge is -2.18. The van der Waals surface area contributed by atoms with Crippen molar-refractivity contribution in [1.82, 2.24) is 5.32 Å². The van der Waals surface area contributed by atoms with Crippen LogP contribution in [0.1, 0.15) is 26.8 Å². The zero-order valence-corrected chi connectivity index (χ0v) is 18.0. The molecule has 0 unspecified atom stereocenters. The number of sulfonamides is 1. The summed E-state index contributed by atoms with van der Waals surface area (Å²) in [5, 5.41) is 4.64. The molecule has 7 nitrogen and oxygen atoms in total. The van der Waals surface area contributed by atoms with Gasteiger partial charge in [-0.1, -0.05) is 24.3 Å². The van der Waals surface area contributed by atoms with Crippen molar-refractivity contribution >= 4 is 38.9 Å². The predicted octanol–water partition coefficient (Wildman–Crippen LogP) is 3.32. The van der Waals surface area contributed by atoms with Gasteiger partial charge in [0.05, 0.1) is 17.9 Å². The van der Waals surface area contributed by atoms with Crippen molar-refractivity contribution in [2.45, 2.75) is 6.04 Å². The third-order valence-corrected chi connectivity index (χ3v) is 5.62. The molecule has 162 valence electrons. The van der Waals surface area contributed by atoms with Crippen LogP contribution in [0.5, 0.6) is 0 Å². The van der Waals surface area contributed by atoms with Gasteiger partial charge in [-0.05, 0) is 47.3 Å². The molecule has 2 N–H and O–H groups in total. The number of carbonyl (C=O) groups is 2. The highest BCUT2D eigenvalue weighted by atomic mass is 32.2. The Morgan fingerprint density at radius 3 is 2.48 bits per heavy atom. The van der Waals surface area contributed by atoms with E-state index in [0.717, 1.165) is 11.1 Å². The Hall–Kier alpha value is -3.24. The minimum atomic E-state index is -3.50. The molecule has 0 saturated carbocycles. The molecular formula is C21H19FN2O5S2.